The fourth-order valence-corrected chi connectivity index (χ4v) is 2.12. The molecular weight excluding hydrogens is 214 g/mol. The van der Waals surface area contributed by atoms with E-state index in [9.17, 15) is 4.79 Å². The summed E-state index contributed by atoms with van der Waals surface area (Å²) in [6, 6.07) is 3.71. The number of esters is 1. The van der Waals surface area contributed by atoms with Gasteiger partial charge in [0.15, 0.2) is 0 Å². The average molecular weight is 226 g/mol. The van der Waals surface area contributed by atoms with E-state index in [2.05, 4.69) is 4.98 Å². The lowest BCUT2D eigenvalue weighted by Gasteiger charge is -2.21. The molecule has 1 unspecified atom stereocenters. The molecule has 1 aliphatic carbocycles. The standard InChI is InChI=1S/C11H12ClNO2/c1-15-11(14)8-2-4-9-7(6-8)3-5-10(12)13-9/h3,5,8H,2,4,6H2,1H3. The van der Waals surface area contributed by atoms with Crippen LogP contribution in [0.3, 0.4) is 0 Å². The molecule has 1 aromatic rings. The second kappa shape index (κ2) is 4.19. The highest BCUT2D eigenvalue weighted by atomic mass is 35.5. The van der Waals surface area contributed by atoms with Crippen LogP contribution in [0.25, 0.3) is 0 Å². The highest BCUT2D eigenvalue weighted by Crippen LogP contribution is 2.26. The Morgan fingerprint density at radius 3 is 3.13 bits per heavy atom. The van der Waals surface area contributed by atoms with Crippen LogP contribution in [0, 0.1) is 5.92 Å². The minimum absolute atomic E-state index is 0.0227. The molecule has 0 saturated heterocycles. The average Bonchev–Trinajstić information content (AvgIpc) is 2.27. The minimum Gasteiger partial charge on any atom is -0.469 e. The Morgan fingerprint density at radius 1 is 1.60 bits per heavy atom. The van der Waals surface area contributed by atoms with Gasteiger partial charge in [-0.05, 0) is 30.9 Å². The molecule has 4 heteroatoms. The molecule has 1 aliphatic rings. The molecule has 0 aromatic carbocycles. The quantitative estimate of drug-likeness (QED) is 0.542. The Kier molecular flexibility index (Phi) is 2.91. The van der Waals surface area contributed by atoms with Gasteiger partial charge in [-0.15, -0.1) is 0 Å². The number of hydrogen-bond donors (Lipinski definition) is 0. The Hall–Kier alpha value is -1.09. The first kappa shape index (κ1) is 10.4. The van der Waals surface area contributed by atoms with Crippen molar-refractivity contribution in [1.29, 1.82) is 0 Å². The molecule has 0 N–H and O–H groups in total. The van der Waals surface area contributed by atoms with Crippen molar-refractivity contribution in [2.24, 2.45) is 5.92 Å². The lowest BCUT2D eigenvalue weighted by Crippen LogP contribution is -2.24. The molecule has 2 rings (SSSR count). The molecule has 3 nitrogen and oxygen atoms in total. The smallest absolute Gasteiger partial charge is 0.309 e. The van der Waals surface area contributed by atoms with Gasteiger partial charge >= 0.3 is 5.97 Å². The van der Waals surface area contributed by atoms with E-state index < -0.39 is 0 Å². The van der Waals surface area contributed by atoms with Crippen LogP contribution in [0.5, 0.6) is 0 Å². The normalized spacial score (nSPS) is 19.5. The van der Waals surface area contributed by atoms with Gasteiger partial charge in [0.05, 0.1) is 13.0 Å². The van der Waals surface area contributed by atoms with Crippen LogP contribution in [-0.4, -0.2) is 18.1 Å². The molecule has 0 fully saturated rings. The summed E-state index contributed by atoms with van der Waals surface area (Å²) < 4.78 is 4.74. The van der Waals surface area contributed by atoms with Gasteiger partial charge in [0, 0.05) is 5.69 Å². The Bertz CT molecular complexity index is 392. The summed E-state index contributed by atoms with van der Waals surface area (Å²) in [5.74, 6) is -0.152. The molecule has 80 valence electrons. The van der Waals surface area contributed by atoms with Crippen molar-refractivity contribution in [2.45, 2.75) is 19.3 Å². The molecule has 0 aliphatic heterocycles. The van der Waals surface area contributed by atoms with Crippen molar-refractivity contribution in [3.05, 3.63) is 28.5 Å². The Morgan fingerprint density at radius 2 is 2.40 bits per heavy atom. The fraction of sp³-hybridized carbons (Fsp3) is 0.455. The topological polar surface area (TPSA) is 39.2 Å². The van der Waals surface area contributed by atoms with E-state index in [0.29, 0.717) is 11.6 Å². The van der Waals surface area contributed by atoms with Crippen LogP contribution in [0.4, 0.5) is 0 Å². The lowest BCUT2D eigenvalue weighted by atomic mass is 9.87. The highest BCUT2D eigenvalue weighted by molar-refractivity contribution is 6.29. The van der Waals surface area contributed by atoms with Crippen molar-refractivity contribution >= 4 is 17.6 Å². The van der Waals surface area contributed by atoms with E-state index in [1.165, 1.54) is 7.11 Å². The van der Waals surface area contributed by atoms with E-state index >= 15 is 0 Å². The Labute approximate surface area is 93.4 Å². The second-order valence-corrected chi connectivity index (χ2v) is 4.09. The lowest BCUT2D eigenvalue weighted by molar-refractivity contribution is -0.145. The summed E-state index contributed by atoms with van der Waals surface area (Å²) in [4.78, 5) is 15.6. The molecule has 0 radical (unpaired) electrons. The van der Waals surface area contributed by atoms with Crippen molar-refractivity contribution < 1.29 is 9.53 Å². The summed E-state index contributed by atoms with van der Waals surface area (Å²) in [5.41, 5.74) is 2.13. The first-order valence-corrected chi connectivity index (χ1v) is 5.30. The largest absolute Gasteiger partial charge is 0.469 e. The number of ether oxygens (including phenoxy) is 1. The van der Waals surface area contributed by atoms with Gasteiger partial charge in [-0.25, -0.2) is 4.98 Å². The van der Waals surface area contributed by atoms with E-state index in [0.717, 1.165) is 24.1 Å². The molecule has 0 saturated carbocycles. The van der Waals surface area contributed by atoms with E-state index in [-0.39, 0.29) is 11.9 Å². The predicted molar refractivity (Wildman–Crippen MR) is 56.8 cm³/mol. The van der Waals surface area contributed by atoms with Crippen molar-refractivity contribution in [1.82, 2.24) is 4.98 Å². The van der Waals surface area contributed by atoms with Gasteiger partial charge in [0.1, 0.15) is 5.15 Å². The number of pyridine rings is 1. The highest BCUT2D eigenvalue weighted by Gasteiger charge is 2.25. The van der Waals surface area contributed by atoms with Gasteiger partial charge in [0.25, 0.3) is 0 Å². The van der Waals surface area contributed by atoms with Crippen molar-refractivity contribution in [2.75, 3.05) is 7.11 Å². The number of hydrogen-bond acceptors (Lipinski definition) is 3. The van der Waals surface area contributed by atoms with Gasteiger partial charge in [0.2, 0.25) is 0 Å². The van der Waals surface area contributed by atoms with Crippen molar-refractivity contribution in [3.8, 4) is 0 Å². The number of carbonyl (C=O) groups is 1. The van der Waals surface area contributed by atoms with Crippen LogP contribution >= 0.6 is 11.6 Å². The number of nitrogens with zero attached hydrogens (tertiary/aromatic N) is 1. The molecule has 0 amide bonds. The number of aryl methyl sites for hydroxylation is 1. The number of carbonyl (C=O) groups excluding carboxylic acids is 1. The van der Waals surface area contributed by atoms with E-state index in [4.69, 9.17) is 16.3 Å². The Balaban J connectivity index is 2.20. The molecule has 1 atom stereocenters. The summed E-state index contributed by atoms with van der Waals surface area (Å²) in [5, 5.41) is 0.519. The van der Waals surface area contributed by atoms with Crippen LogP contribution < -0.4 is 0 Å². The van der Waals surface area contributed by atoms with Crippen LogP contribution in [-0.2, 0) is 22.4 Å². The molecule has 0 bridgehead atoms. The molecule has 1 aromatic heterocycles. The number of halogens is 1. The van der Waals surface area contributed by atoms with Crippen LogP contribution in [0.15, 0.2) is 12.1 Å². The number of methoxy groups -OCH3 is 1. The van der Waals surface area contributed by atoms with Gasteiger partial charge in [-0.1, -0.05) is 17.7 Å². The van der Waals surface area contributed by atoms with Gasteiger partial charge < -0.3 is 4.74 Å². The first-order valence-electron chi connectivity index (χ1n) is 4.93. The van der Waals surface area contributed by atoms with E-state index in [1.807, 2.05) is 6.07 Å². The molecule has 0 spiro atoms. The third kappa shape index (κ3) is 2.12. The number of aromatic nitrogens is 1. The zero-order chi connectivity index (χ0) is 10.8. The molecule has 15 heavy (non-hydrogen) atoms. The monoisotopic (exact) mass is 225 g/mol. The summed E-state index contributed by atoms with van der Waals surface area (Å²) in [7, 11) is 1.43. The van der Waals surface area contributed by atoms with Crippen LogP contribution in [0.2, 0.25) is 5.15 Å². The maximum Gasteiger partial charge on any atom is 0.309 e. The SMILES string of the molecule is COC(=O)C1CCc2nc(Cl)ccc2C1. The zero-order valence-electron chi connectivity index (χ0n) is 8.50. The maximum atomic E-state index is 11.4. The zero-order valence-corrected chi connectivity index (χ0v) is 9.25. The third-order valence-electron chi connectivity index (χ3n) is 2.76. The fourth-order valence-electron chi connectivity index (χ4n) is 1.95. The molecular formula is C11H12ClNO2. The van der Waals surface area contributed by atoms with Crippen LogP contribution in [0.1, 0.15) is 17.7 Å². The third-order valence-corrected chi connectivity index (χ3v) is 2.98. The second-order valence-electron chi connectivity index (χ2n) is 3.70. The molecule has 1 heterocycles. The number of rotatable bonds is 1. The van der Waals surface area contributed by atoms with E-state index in [1.54, 1.807) is 6.07 Å². The first-order chi connectivity index (χ1) is 7.20. The maximum absolute atomic E-state index is 11.4. The van der Waals surface area contributed by atoms with Gasteiger partial charge in [-0.3, -0.25) is 4.79 Å². The number of fused-ring (bicyclic) bond motifs is 1. The summed E-state index contributed by atoms with van der Waals surface area (Å²) in [6.07, 6.45) is 2.31. The van der Waals surface area contributed by atoms with Gasteiger partial charge in [-0.2, -0.15) is 0 Å². The predicted octanol–water partition coefficient (Wildman–Crippen LogP) is 2.01. The summed E-state index contributed by atoms with van der Waals surface area (Å²) >= 11 is 5.80. The summed E-state index contributed by atoms with van der Waals surface area (Å²) in [6.45, 7) is 0. The minimum atomic E-state index is -0.129. The van der Waals surface area contributed by atoms with Crippen molar-refractivity contribution in [3.63, 3.8) is 0 Å².